The van der Waals surface area contributed by atoms with Crippen molar-refractivity contribution in [2.75, 3.05) is 4.90 Å². The highest BCUT2D eigenvalue weighted by Gasteiger charge is 2.38. The van der Waals surface area contributed by atoms with Crippen molar-refractivity contribution in [3.05, 3.63) is 77.0 Å². The molecule has 1 atom stereocenters. The van der Waals surface area contributed by atoms with Gasteiger partial charge in [-0.05, 0) is 57.6 Å². The summed E-state index contributed by atoms with van der Waals surface area (Å²) >= 11 is 0. The van der Waals surface area contributed by atoms with Crippen LogP contribution in [-0.2, 0) is 11.0 Å². The molecule has 0 spiro atoms. The number of carboxylic acids is 1. The minimum Gasteiger partial charge on any atom is -0.478 e. The first-order valence-electron chi connectivity index (χ1n) is 13.5. The fourth-order valence-corrected chi connectivity index (χ4v) is 5.08. The maximum Gasteiger partial charge on any atom is 0.421 e. The van der Waals surface area contributed by atoms with Crippen LogP contribution in [0.5, 0.6) is 11.6 Å². The molecule has 1 aromatic carbocycles. The Morgan fingerprint density at radius 2 is 1.76 bits per heavy atom. The number of pyridine rings is 2. The number of hydrogen-bond acceptors (Lipinski definition) is 6. The van der Waals surface area contributed by atoms with E-state index in [1.165, 1.54) is 29.4 Å². The Morgan fingerprint density at radius 3 is 2.33 bits per heavy atom. The van der Waals surface area contributed by atoms with Crippen LogP contribution in [0.15, 0.2) is 48.9 Å². The standard InChI is InChI=1S/C30H31F4N3O5/c1-16(2)37(28(39)18-8-6-17(3)7-9-18)24-13-23(31)25(12-21(24)29(40)41)42-27-22(30(32,33)34)11-20(15-36-27)26(38)19-5-4-10-35-14-19/h4-5,10-18,26,38H,6-9H2,1-3H3,(H,40,41). The number of rotatable bonds is 8. The van der Waals surface area contributed by atoms with Crippen LogP contribution in [-0.4, -0.2) is 38.1 Å². The summed E-state index contributed by atoms with van der Waals surface area (Å²) < 4.78 is 62.6. The van der Waals surface area contributed by atoms with Crippen molar-refractivity contribution in [3.8, 4) is 11.6 Å². The maximum absolute atomic E-state index is 15.4. The smallest absolute Gasteiger partial charge is 0.421 e. The lowest BCUT2D eigenvalue weighted by Crippen LogP contribution is -2.43. The van der Waals surface area contributed by atoms with Crippen molar-refractivity contribution in [2.24, 2.45) is 11.8 Å². The van der Waals surface area contributed by atoms with Gasteiger partial charge in [-0.15, -0.1) is 0 Å². The van der Waals surface area contributed by atoms with Gasteiger partial charge in [0.25, 0.3) is 0 Å². The van der Waals surface area contributed by atoms with E-state index in [0.717, 1.165) is 31.2 Å². The largest absolute Gasteiger partial charge is 0.478 e. The van der Waals surface area contributed by atoms with Crippen LogP contribution < -0.4 is 9.64 Å². The van der Waals surface area contributed by atoms with Gasteiger partial charge in [-0.1, -0.05) is 13.0 Å². The molecular weight excluding hydrogens is 558 g/mol. The number of carbonyl (C=O) groups is 2. The number of alkyl halides is 3. The molecule has 1 amide bonds. The maximum atomic E-state index is 15.4. The van der Waals surface area contributed by atoms with Gasteiger partial charge >= 0.3 is 12.1 Å². The number of aliphatic hydroxyl groups excluding tert-OH is 1. The Bertz CT molecular complexity index is 1440. The molecule has 0 saturated heterocycles. The van der Waals surface area contributed by atoms with Crippen molar-refractivity contribution in [1.82, 2.24) is 9.97 Å². The molecule has 1 aliphatic carbocycles. The Labute approximate surface area is 240 Å². The molecule has 3 aromatic rings. The third-order valence-corrected chi connectivity index (χ3v) is 7.36. The van der Waals surface area contributed by atoms with E-state index in [9.17, 15) is 33.0 Å². The summed E-state index contributed by atoms with van der Waals surface area (Å²) in [6.45, 7) is 5.42. The number of hydrogen-bond donors (Lipinski definition) is 2. The number of nitrogens with zero attached hydrogens (tertiary/aromatic N) is 3. The average molecular weight is 590 g/mol. The lowest BCUT2D eigenvalue weighted by molar-refractivity contribution is -0.139. The SMILES string of the molecule is CC1CCC(C(=O)N(c2cc(F)c(Oc3ncc(C(O)c4cccnc4)cc3C(F)(F)F)cc2C(=O)O)C(C)C)CC1. The molecule has 8 nitrogen and oxygen atoms in total. The second-order valence-electron chi connectivity index (χ2n) is 10.8. The van der Waals surface area contributed by atoms with Gasteiger partial charge in [0.1, 0.15) is 11.7 Å². The Morgan fingerprint density at radius 1 is 1.07 bits per heavy atom. The van der Waals surface area contributed by atoms with Crippen LogP contribution >= 0.6 is 0 Å². The van der Waals surface area contributed by atoms with Gasteiger partial charge in [-0.25, -0.2) is 14.2 Å². The minimum atomic E-state index is -5.02. The number of aromatic carboxylic acids is 1. The van der Waals surface area contributed by atoms with E-state index in [1.54, 1.807) is 13.8 Å². The van der Waals surface area contributed by atoms with Gasteiger partial charge in [-0.2, -0.15) is 13.2 Å². The molecule has 1 saturated carbocycles. The zero-order valence-corrected chi connectivity index (χ0v) is 23.2. The Balaban J connectivity index is 1.72. The van der Waals surface area contributed by atoms with E-state index in [0.29, 0.717) is 24.8 Å². The van der Waals surface area contributed by atoms with Crippen LogP contribution in [0.4, 0.5) is 23.2 Å². The number of benzene rings is 1. The van der Waals surface area contributed by atoms with Gasteiger partial charge in [0.15, 0.2) is 11.6 Å². The monoisotopic (exact) mass is 589 g/mol. The van der Waals surface area contributed by atoms with E-state index in [2.05, 4.69) is 16.9 Å². The van der Waals surface area contributed by atoms with Crippen molar-refractivity contribution in [1.29, 1.82) is 0 Å². The van der Waals surface area contributed by atoms with Gasteiger partial charge in [0.2, 0.25) is 11.8 Å². The number of anilines is 1. The second-order valence-corrected chi connectivity index (χ2v) is 10.8. The lowest BCUT2D eigenvalue weighted by atomic mass is 9.82. The zero-order valence-electron chi connectivity index (χ0n) is 23.2. The van der Waals surface area contributed by atoms with E-state index in [-0.39, 0.29) is 28.6 Å². The molecule has 2 N–H and O–H groups in total. The fourth-order valence-electron chi connectivity index (χ4n) is 5.08. The van der Waals surface area contributed by atoms with Gasteiger partial charge in [-0.3, -0.25) is 9.78 Å². The fraction of sp³-hybridized carbons (Fsp3) is 0.400. The van der Waals surface area contributed by atoms with E-state index in [4.69, 9.17) is 4.74 Å². The average Bonchev–Trinajstić information content (AvgIpc) is 2.94. The summed E-state index contributed by atoms with van der Waals surface area (Å²) in [4.78, 5) is 34.5. The third kappa shape index (κ3) is 6.70. The summed E-state index contributed by atoms with van der Waals surface area (Å²) in [7, 11) is 0. The van der Waals surface area contributed by atoms with Crippen molar-refractivity contribution in [2.45, 2.75) is 64.8 Å². The van der Waals surface area contributed by atoms with E-state index >= 15 is 4.39 Å². The molecule has 0 aliphatic heterocycles. The number of amides is 1. The van der Waals surface area contributed by atoms with Crippen LogP contribution in [0.25, 0.3) is 0 Å². The highest BCUT2D eigenvalue weighted by Crippen LogP contribution is 2.41. The molecule has 1 unspecified atom stereocenters. The first kappa shape index (κ1) is 30.9. The first-order chi connectivity index (χ1) is 19.8. The summed E-state index contributed by atoms with van der Waals surface area (Å²) in [5, 5.41) is 20.5. The van der Waals surface area contributed by atoms with Crippen LogP contribution in [0.2, 0.25) is 0 Å². The van der Waals surface area contributed by atoms with Gasteiger partial charge in [0.05, 0.1) is 11.3 Å². The molecule has 1 fully saturated rings. The number of carbonyl (C=O) groups excluding carboxylic acids is 1. The predicted octanol–water partition coefficient (Wildman–Crippen LogP) is 6.77. The summed E-state index contributed by atoms with van der Waals surface area (Å²) in [6.07, 6.45) is 0.0666. The second kappa shape index (κ2) is 12.4. The molecule has 12 heteroatoms. The normalized spacial score (nSPS) is 18.0. The third-order valence-electron chi connectivity index (χ3n) is 7.36. The van der Waals surface area contributed by atoms with Crippen LogP contribution in [0.1, 0.15) is 79.6 Å². The highest BCUT2D eigenvalue weighted by molar-refractivity contribution is 6.03. The summed E-state index contributed by atoms with van der Waals surface area (Å²) in [6, 6.07) is 4.60. The number of halogens is 4. The number of aliphatic hydroxyl groups is 1. The molecule has 2 aromatic heterocycles. The Hall–Kier alpha value is -4.06. The minimum absolute atomic E-state index is 0.215. The number of aromatic nitrogens is 2. The van der Waals surface area contributed by atoms with E-state index in [1.807, 2.05) is 0 Å². The molecule has 1 aliphatic rings. The molecule has 0 radical (unpaired) electrons. The topological polar surface area (TPSA) is 113 Å². The quantitative estimate of drug-likeness (QED) is 0.279. The predicted molar refractivity (Wildman–Crippen MR) is 145 cm³/mol. The Kier molecular flexibility index (Phi) is 9.15. The number of ether oxygens (including phenoxy) is 1. The molecule has 224 valence electrons. The highest BCUT2D eigenvalue weighted by atomic mass is 19.4. The molecule has 0 bridgehead atoms. The van der Waals surface area contributed by atoms with E-state index < -0.39 is 52.9 Å². The van der Waals surface area contributed by atoms with Crippen molar-refractivity contribution < 1.29 is 42.1 Å². The zero-order chi connectivity index (χ0) is 30.8. The molecule has 42 heavy (non-hydrogen) atoms. The molecule has 2 heterocycles. The molecule has 4 rings (SSSR count). The van der Waals surface area contributed by atoms with Crippen molar-refractivity contribution >= 4 is 17.6 Å². The van der Waals surface area contributed by atoms with Crippen LogP contribution in [0.3, 0.4) is 0 Å². The number of carboxylic acid groups (broad SMARTS) is 1. The van der Waals surface area contributed by atoms with Gasteiger partial charge < -0.3 is 19.8 Å². The van der Waals surface area contributed by atoms with Crippen molar-refractivity contribution in [3.63, 3.8) is 0 Å². The lowest BCUT2D eigenvalue weighted by Gasteiger charge is -2.34. The first-order valence-corrected chi connectivity index (χ1v) is 13.5. The van der Waals surface area contributed by atoms with Gasteiger partial charge in [0, 0.05) is 53.8 Å². The van der Waals surface area contributed by atoms with Crippen LogP contribution in [0, 0.1) is 17.7 Å². The molecular formula is C30H31F4N3O5. The summed E-state index contributed by atoms with van der Waals surface area (Å²) in [5.41, 5.74) is -2.14. The summed E-state index contributed by atoms with van der Waals surface area (Å²) in [5.74, 6) is -4.80.